The second kappa shape index (κ2) is 6.48. The first-order valence-electron chi connectivity index (χ1n) is 7.18. The number of thiazole rings is 1. The summed E-state index contributed by atoms with van der Waals surface area (Å²) in [6.45, 7) is 3.91. The monoisotopic (exact) mass is 288 g/mol. The van der Waals surface area contributed by atoms with Crippen molar-refractivity contribution in [1.29, 1.82) is 0 Å². The van der Waals surface area contributed by atoms with Crippen LogP contribution in [-0.2, 0) is 17.6 Å². The van der Waals surface area contributed by atoms with Crippen LogP contribution in [0, 0.1) is 0 Å². The molecule has 4 heteroatoms. The van der Waals surface area contributed by atoms with Gasteiger partial charge < -0.3 is 10.1 Å². The molecule has 2 atom stereocenters. The summed E-state index contributed by atoms with van der Waals surface area (Å²) >= 11 is 1.72. The molecule has 3 nitrogen and oxygen atoms in total. The molecule has 0 amide bonds. The van der Waals surface area contributed by atoms with E-state index in [1.807, 2.05) is 11.7 Å². The van der Waals surface area contributed by atoms with Gasteiger partial charge in [-0.3, -0.25) is 4.98 Å². The van der Waals surface area contributed by atoms with E-state index in [0.29, 0.717) is 6.04 Å². The Morgan fingerprint density at radius 3 is 3.15 bits per heavy atom. The van der Waals surface area contributed by atoms with E-state index in [2.05, 4.69) is 41.5 Å². The van der Waals surface area contributed by atoms with Crippen LogP contribution in [0.15, 0.2) is 36.0 Å². The Morgan fingerprint density at radius 2 is 2.35 bits per heavy atom. The van der Waals surface area contributed by atoms with E-state index in [0.717, 1.165) is 26.0 Å². The number of hydrogen-bond donors (Lipinski definition) is 1. The van der Waals surface area contributed by atoms with Gasteiger partial charge in [0.1, 0.15) is 0 Å². The molecule has 106 valence electrons. The highest BCUT2D eigenvalue weighted by molar-refractivity contribution is 7.09. The third-order valence-corrected chi connectivity index (χ3v) is 4.57. The fraction of sp³-hybridized carbons (Fsp3) is 0.438. The first-order valence-corrected chi connectivity index (χ1v) is 8.06. The highest BCUT2D eigenvalue weighted by Gasteiger charge is 2.28. The molecule has 1 aliphatic rings. The van der Waals surface area contributed by atoms with Crippen molar-refractivity contribution in [3.05, 3.63) is 52.0 Å². The number of nitrogens with one attached hydrogen (secondary N) is 1. The van der Waals surface area contributed by atoms with Crippen molar-refractivity contribution < 1.29 is 4.74 Å². The van der Waals surface area contributed by atoms with Crippen molar-refractivity contribution in [3.63, 3.8) is 0 Å². The SMILES string of the molecule is CCNC(Cc1cncs1)C1OCCc2ccccc21. The minimum atomic E-state index is 0.141. The van der Waals surface area contributed by atoms with Crippen molar-refractivity contribution in [2.75, 3.05) is 13.2 Å². The van der Waals surface area contributed by atoms with E-state index in [1.54, 1.807) is 11.3 Å². The van der Waals surface area contributed by atoms with Crippen molar-refractivity contribution in [1.82, 2.24) is 10.3 Å². The zero-order chi connectivity index (χ0) is 13.8. The van der Waals surface area contributed by atoms with Crippen molar-refractivity contribution in [2.24, 2.45) is 0 Å². The van der Waals surface area contributed by atoms with Crippen LogP contribution in [0.2, 0.25) is 0 Å². The number of fused-ring (bicyclic) bond motifs is 1. The highest BCUT2D eigenvalue weighted by atomic mass is 32.1. The smallest absolute Gasteiger partial charge is 0.0984 e. The number of rotatable bonds is 5. The second-order valence-electron chi connectivity index (χ2n) is 5.08. The van der Waals surface area contributed by atoms with Gasteiger partial charge in [-0.05, 0) is 24.1 Å². The lowest BCUT2D eigenvalue weighted by atomic mass is 9.91. The summed E-state index contributed by atoms with van der Waals surface area (Å²) in [5, 5.41) is 3.59. The number of likely N-dealkylation sites (N-methyl/N-ethyl adjacent to an activating group) is 1. The van der Waals surface area contributed by atoms with Gasteiger partial charge in [0.15, 0.2) is 0 Å². The van der Waals surface area contributed by atoms with Crippen LogP contribution in [-0.4, -0.2) is 24.2 Å². The normalized spacial score (nSPS) is 19.6. The van der Waals surface area contributed by atoms with Crippen LogP contribution >= 0.6 is 11.3 Å². The molecule has 1 aromatic carbocycles. The van der Waals surface area contributed by atoms with Crippen LogP contribution in [0.5, 0.6) is 0 Å². The fourth-order valence-corrected chi connectivity index (χ4v) is 3.52. The molecule has 0 bridgehead atoms. The van der Waals surface area contributed by atoms with E-state index in [4.69, 9.17) is 4.74 Å². The summed E-state index contributed by atoms with van der Waals surface area (Å²) < 4.78 is 6.09. The number of nitrogens with zero attached hydrogens (tertiary/aromatic N) is 1. The van der Waals surface area contributed by atoms with E-state index < -0.39 is 0 Å². The summed E-state index contributed by atoms with van der Waals surface area (Å²) in [7, 11) is 0. The van der Waals surface area contributed by atoms with Gasteiger partial charge in [0.25, 0.3) is 0 Å². The minimum absolute atomic E-state index is 0.141. The van der Waals surface area contributed by atoms with E-state index in [9.17, 15) is 0 Å². The van der Waals surface area contributed by atoms with Crippen LogP contribution in [0.1, 0.15) is 29.0 Å². The van der Waals surface area contributed by atoms with Crippen LogP contribution in [0.25, 0.3) is 0 Å². The lowest BCUT2D eigenvalue weighted by Crippen LogP contribution is -2.39. The third-order valence-electron chi connectivity index (χ3n) is 3.77. The molecule has 2 unspecified atom stereocenters. The van der Waals surface area contributed by atoms with E-state index in [1.165, 1.54) is 16.0 Å². The Labute approximate surface area is 124 Å². The molecule has 0 fully saturated rings. The Bertz CT molecular complexity index is 541. The number of benzene rings is 1. The van der Waals surface area contributed by atoms with Gasteiger partial charge in [-0.2, -0.15) is 0 Å². The zero-order valence-electron chi connectivity index (χ0n) is 11.7. The molecule has 0 radical (unpaired) electrons. The van der Waals surface area contributed by atoms with Gasteiger partial charge in [0.05, 0.1) is 18.2 Å². The molecule has 3 rings (SSSR count). The van der Waals surface area contributed by atoms with Gasteiger partial charge in [0.2, 0.25) is 0 Å². The predicted octanol–water partition coefficient (Wildman–Crippen LogP) is 2.98. The van der Waals surface area contributed by atoms with Gasteiger partial charge in [-0.25, -0.2) is 0 Å². The summed E-state index contributed by atoms with van der Waals surface area (Å²) in [5.74, 6) is 0. The zero-order valence-corrected chi connectivity index (χ0v) is 12.5. The molecule has 2 aromatic rings. The van der Waals surface area contributed by atoms with Crippen LogP contribution < -0.4 is 5.32 Å². The van der Waals surface area contributed by atoms with E-state index >= 15 is 0 Å². The van der Waals surface area contributed by atoms with Crippen LogP contribution in [0.4, 0.5) is 0 Å². The van der Waals surface area contributed by atoms with Crippen molar-refractivity contribution >= 4 is 11.3 Å². The first-order chi connectivity index (χ1) is 9.88. The van der Waals surface area contributed by atoms with Crippen LogP contribution in [0.3, 0.4) is 0 Å². The summed E-state index contributed by atoms with van der Waals surface area (Å²) in [4.78, 5) is 5.48. The lowest BCUT2D eigenvalue weighted by Gasteiger charge is -2.32. The molecule has 0 spiro atoms. The molecule has 2 heterocycles. The maximum Gasteiger partial charge on any atom is 0.0984 e. The minimum Gasteiger partial charge on any atom is -0.372 e. The number of hydrogen-bond acceptors (Lipinski definition) is 4. The lowest BCUT2D eigenvalue weighted by molar-refractivity contribution is 0.0159. The Morgan fingerprint density at radius 1 is 1.45 bits per heavy atom. The molecule has 1 N–H and O–H groups in total. The quantitative estimate of drug-likeness (QED) is 0.918. The van der Waals surface area contributed by atoms with Gasteiger partial charge in [-0.1, -0.05) is 31.2 Å². The maximum absolute atomic E-state index is 6.09. The first kappa shape index (κ1) is 13.7. The highest BCUT2D eigenvalue weighted by Crippen LogP contribution is 2.31. The molecule has 0 aliphatic carbocycles. The average molecular weight is 288 g/mol. The van der Waals surface area contributed by atoms with Crippen molar-refractivity contribution in [2.45, 2.75) is 31.9 Å². The molecule has 20 heavy (non-hydrogen) atoms. The fourth-order valence-electron chi connectivity index (χ4n) is 2.87. The van der Waals surface area contributed by atoms with Gasteiger partial charge in [0, 0.05) is 23.5 Å². The Kier molecular flexibility index (Phi) is 4.45. The molecule has 0 saturated heterocycles. The largest absolute Gasteiger partial charge is 0.372 e. The molecular weight excluding hydrogens is 268 g/mol. The second-order valence-corrected chi connectivity index (χ2v) is 6.05. The molecule has 1 aromatic heterocycles. The van der Waals surface area contributed by atoms with Crippen molar-refractivity contribution in [3.8, 4) is 0 Å². The third kappa shape index (κ3) is 2.92. The summed E-state index contributed by atoms with van der Waals surface area (Å²) in [6.07, 6.45) is 4.09. The molecular formula is C16H20N2OS. The standard InChI is InChI=1S/C16H20N2OS/c1-2-18-15(9-13-10-17-11-20-13)16-14-6-4-3-5-12(14)7-8-19-16/h3-6,10-11,15-16,18H,2,7-9H2,1H3. The van der Waals surface area contributed by atoms with Gasteiger partial charge in [-0.15, -0.1) is 11.3 Å². The molecule has 0 saturated carbocycles. The predicted molar refractivity (Wildman–Crippen MR) is 82.1 cm³/mol. The van der Waals surface area contributed by atoms with Gasteiger partial charge >= 0.3 is 0 Å². The number of aromatic nitrogens is 1. The summed E-state index contributed by atoms with van der Waals surface area (Å²) in [6, 6.07) is 8.96. The average Bonchev–Trinajstić information content (AvgIpc) is 2.99. The molecule has 1 aliphatic heterocycles. The summed E-state index contributed by atoms with van der Waals surface area (Å²) in [5.41, 5.74) is 4.67. The topological polar surface area (TPSA) is 34.2 Å². The Hall–Kier alpha value is -1.23. The Balaban J connectivity index is 1.84. The maximum atomic E-state index is 6.09. The number of ether oxygens (including phenoxy) is 1. The van der Waals surface area contributed by atoms with E-state index in [-0.39, 0.29) is 6.10 Å².